The fourth-order valence-electron chi connectivity index (χ4n) is 2.03. The SMILES string of the molecule is O=[C]c1ccc(Oc2ccc(Oc3ccc([C]=O)cc3)cc2)cc1. The van der Waals surface area contributed by atoms with Crippen LogP contribution < -0.4 is 9.47 Å². The van der Waals surface area contributed by atoms with Crippen LogP contribution in [-0.2, 0) is 9.59 Å². The molecule has 4 nitrogen and oxygen atoms in total. The van der Waals surface area contributed by atoms with Gasteiger partial charge in [0.15, 0.2) is 0 Å². The average molecular weight is 316 g/mol. The maximum absolute atomic E-state index is 10.5. The third-order valence-electron chi connectivity index (χ3n) is 3.24. The Hall–Kier alpha value is -3.40. The van der Waals surface area contributed by atoms with Crippen LogP contribution in [0.3, 0.4) is 0 Å². The molecule has 3 aromatic carbocycles. The van der Waals surface area contributed by atoms with E-state index in [1.54, 1.807) is 72.8 Å². The summed E-state index contributed by atoms with van der Waals surface area (Å²) in [6, 6.07) is 20.5. The molecule has 0 aliphatic heterocycles. The molecule has 0 bridgehead atoms. The Morgan fingerprint density at radius 3 is 0.958 bits per heavy atom. The molecule has 116 valence electrons. The van der Waals surface area contributed by atoms with E-state index in [0.29, 0.717) is 34.1 Å². The summed E-state index contributed by atoms with van der Waals surface area (Å²) in [6.45, 7) is 0. The molecule has 2 radical (unpaired) electrons. The van der Waals surface area contributed by atoms with E-state index < -0.39 is 0 Å². The first kappa shape index (κ1) is 15.5. The molecule has 0 aliphatic rings. The predicted molar refractivity (Wildman–Crippen MR) is 89.1 cm³/mol. The van der Waals surface area contributed by atoms with E-state index in [-0.39, 0.29) is 0 Å². The molecule has 3 aromatic rings. The largest absolute Gasteiger partial charge is 0.457 e. The Morgan fingerprint density at radius 2 is 0.708 bits per heavy atom. The standard InChI is InChI=1S/C20H12O4/c21-13-15-1-5-17(6-2-15)23-19-9-11-20(12-10-19)24-18-7-3-16(14-22)4-8-18/h1-12H. The minimum absolute atomic E-state index is 0.476. The van der Waals surface area contributed by atoms with Gasteiger partial charge in [-0.05, 0) is 72.8 Å². The number of ether oxygens (including phenoxy) is 2. The first-order valence-corrected chi connectivity index (χ1v) is 7.19. The van der Waals surface area contributed by atoms with Gasteiger partial charge in [-0.2, -0.15) is 0 Å². The summed E-state index contributed by atoms with van der Waals surface area (Å²) in [4.78, 5) is 21.0. The number of hydrogen-bond acceptors (Lipinski definition) is 4. The van der Waals surface area contributed by atoms with Gasteiger partial charge in [0.2, 0.25) is 12.6 Å². The Labute approximate surface area is 139 Å². The van der Waals surface area contributed by atoms with Gasteiger partial charge in [0.1, 0.15) is 23.0 Å². The molecular formula is C20H12O4. The van der Waals surface area contributed by atoms with Crippen LogP contribution in [0.4, 0.5) is 0 Å². The van der Waals surface area contributed by atoms with Crippen LogP contribution in [-0.4, -0.2) is 12.6 Å². The Kier molecular flexibility index (Phi) is 4.68. The summed E-state index contributed by atoms with van der Waals surface area (Å²) < 4.78 is 11.4. The molecule has 0 fully saturated rings. The third kappa shape index (κ3) is 3.87. The second-order valence-electron chi connectivity index (χ2n) is 4.93. The topological polar surface area (TPSA) is 52.6 Å². The second-order valence-corrected chi connectivity index (χ2v) is 4.93. The Bertz CT molecular complexity index is 747. The van der Waals surface area contributed by atoms with Crippen molar-refractivity contribution in [3.63, 3.8) is 0 Å². The minimum Gasteiger partial charge on any atom is -0.457 e. The quantitative estimate of drug-likeness (QED) is 0.684. The van der Waals surface area contributed by atoms with Crippen molar-refractivity contribution in [2.45, 2.75) is 0 Å². The Balaban J connectivity index is 1.65. The third-order valence-corrected chi connectivity index (χ3v) is 3.24. The van der Waals surface area contributed by atoms with Gasteiger partial charge in [-0.15, -0.1) is 0 Å². The summed E-state index contributed by atoms with van der Waals surface area (Å²) in [7, 11) is 0. The van der Waals surface area contributed by atoms with Gasteiger partial charge >= 0.3 is 0 Å². The second kappa shape index (κ2) is 7.24. The summed E-state index contributed by atoms with van der Waals surface area (Å²) in [6.07, 6.45) is 3.62. The lowest BCUT2D eigenvalue weighted by Gasteiger charge is -2.08. The van der Waals surface area contributed by atoms with Crippen molar-refractivity contribution in [3.8, 4) is 23.0 Å². The zero-order valence-corrected chi connectivity index (χ0v) is 12.6. The molecule has 0 unspecified atom stereocenters. The van der Waals surface area contributed by atoms with E-state index in [1.165, 1.54) is 0 Å². The van der Waals surface area contributed by atoms with Crippen molar-refractivity contribution < 1.29 is 19.1 Å². The Morgan fingerprint density at radius 1 is 0.458 bits per heavy atom. The molecule has 3 rings (SSSR count). The van der Waals surface area contributed by atoms with Crippen molar-refractivity contribution in [2.24, 2.45) is 0 Å². The zero-order valence-electron chi connectivity index (χ0n) is 12.6. The van der Waals surface area contributed by atoms with Crippen LogP contribution in [0.2, 0.25) is 0 Å². The smallest absolute Gasteiger partial charge is 0.233 e. The number of benzene rings is 3. The molecule has 24 heavy (non-hydrogen) atoms. The molecule has 0 atom stereocenters. The lowest BCUT2D eigenvalue weighted by atomic mass is 10.2. The summed E-state index contributed by atoms with van der Waals surface area (Å²) >= 11 is 0. The van der Waals surface area contributed by atoms with E-state index in [2.05, 4.69) is 0 Å². The normalized spacial score (nSPS) is 10.0. The van der Waals surface area contributed by atoms with E-state index in [9.17, 15) is 9.59 Å². The van der Waals surface area contributed by atoms with Crippen molar-refractivity contribution in [3.05, 3.63) is 83.9 Å². The molecule has 0 amide bonds. The van der Waals surface area contributed by atoms with E-state index in [0.717, 1.165) is 0 Å². The minimum atomic E-state index is 0.476. The molecule has 0 N–H and O–H groups in total. The highest BCUT2D eigenvalue weighted by molar-refractivity contribution is 5.75. The number of hydrogen-bond donors (Lipinski definition) is 0. The predicted octanol–water partition coefficient (Wildman–Crippen LogP) is 4.19. The molecule has 4 heteroatoms. The fraction of sp³-hybridized carbons (Fsp3) is 0. The first-order valence-electron chi connectivity index (χ1n) is 7.19. The van der Waals surface area contributed by atoms with Crippen molar-refractivity contribution >= 4 is 12.6 Å². The van der Waals surface area contributed by atoms with Crippen LogP contribution in [0.25, 0.3) is 0 Å². The van der Waals surface area contributed by atoms with Gasteiger partial charge < -0.3 is 9.47 Å². The number of carbonyl (C=O) groups excluding carboxylic acids is 2. The zero-order chi connectivity index (χ0) is 16.8. The van der Waals surface area contributed by atoms with Crippen LogP contribution in [0.15, 0.2) is 72.8 Å². The van der Waals surface area contributed by atoms with Gasteiger partial charge in [0, 0.05) is 11.1 Å². The lowest BCUT2D eigenvalue weighted by Crippen LogP contribution is -1.87. The molecule has 0 saturated carbocycles. The lowest BCUT2D eigenvalue weighted by molar-refractivity contribution is 0.469. The molecular weight excluding hydrogens is 304 g/mol. The van der Waals surface area contributed by atoms with Gasteiger partial charge in [0.05, 0.1) is 0 Å². The highest BCUT2D eigenvalue weighted by Crippen LogP contribution is 2.26. The monoisotopic (exact) mass is 316 g/mol. The van der Waals surface area contributed by atoms with Crippen LogP contribution in [0.1, 0.15) is 11.1 Å². The van der Waals surface area contributed by atoms with Crippen LogP contribution in [0.5, 0.6) is 23.0 Å². The van der Waals surface area contributed by atoms with E-state index in [1.807, 2.05) is 12.6 Å². The molecule has 0 heterocycles. The van der Waals surface area contributed by atoms with Gasteiger partial charge in [-0.3, -0.25) is 9.59 Å². The molecule has 0 spiro atoms. The van der Waals surface area contributed by atoms with Gasteiger partial charge in [-0.25, -0.2) is 0 Å². The van der Waals surface area contributed by atoms with Crippen molar-refractivity contribution in [1.82, 2.24) is 0 Å². The van der Waals surface area contributed by atoms with Crippen molar-refractivity contribution in [1.29, 1.82) is 0 Å². The van der Waals surface area contributed by atoms with Gasteiger partial charge in [0.25, 0.3) is 0 Å². The van der Waals surface area contributed by atoms with Crippen molar-refractivity contribution in [2.75, 3.05) is 0 Å². The summed E-state index contributed by atoms with van der Waals surface area (Å²) in [5.74, 6) is 2.55. The maximum atomic E-state index is 10.5. The summed E-state index contributed by atoms with van der Waals surface area (Å²) in [5, 5.41) is 0. The molecule has 0 aromatic heterocycles. The van der Waals surface area contributed by atoms with E-state index >= 15 is 0 Å². The average Bonchev–Trinajstić information content (AvgIpc) is 2.65. The van der Waals surface area contributed by atoms with Crippen LogP contribution >= 0.6 is 0 Å². The van der Waals surface area contributed by atoms with E-state index in [4.69, 9.17) is 9.47 Å². The fourth-order valence-corrected chi connectivity index (χ4v) is 2.03. The first-order chi connectivity index (χ1) is 11.8. The maximum Gasteiger partial charge on any atom is 0.233 e. The summed E-state index contributed by atoms with van der Waals surface area (Å²) in [5.41, 5.74) is 0.952. The highest BCUT2D eigenvalue weighted by Gasteiger charge is 2.01. The number of rotatable bonds is 6. The van der Waals surface area contributed by atoms with Gasteiger partial charge in [-0.1, -0.05) is 0 Å². The van der Waals surface area contributed by atoms with Crippen LogP contribution in [0, 0.1) is 0 Å². The molecule has 0 aliphatic carbocycles. The molecule has 0 saturated heterocycles. The highest BCUT2D eigenvalue weighted by atomic mass is 16.5.